The number of hydrogen-bond acceptors (Lipinski definition) is 3. The lowest BCUT2D eigenvalue weighted by molar-refractivity contribution is 0.414. The average Bonchev–Trinajstić information content (AvgIpc) is 2.81. The van der Waals surface area contributed by atoms with Gasteiger partial charge in [0, 0.05) is 6.20 Å². The second kappa shape index (κ2) is 4.14. The molecule has 0 bridgehead atoms. The van der Waals surface area contributed by atoms with Crippen LogP contribution < -0.4 is 4.74 Å². The molecule has 0 radical (unpaired) electrons. The third-order valence-electron chi connectivity index (χ3n) is 2.85. The van der Waals surface area contributed by atoms with Gasteiger partial charge in [-0.3, -0.25) is 0 Å². The predicted molar refractivity (Wildman–Crippen MR) is 70.6 cm³/mol. The average molecular weight is 239 g/mol. The highest BCUT2D eigenvalue weighted by atomic mass is 16.5. The minimum absolute atomic E-state index is 0.716. The Bertz CT molecular complexity index is 703. The highest BCUT2D eigenvalue weighted by Crippen LogP contribution is 2.26. The van der Waals surface area contributed by atoms with Crippen LogP contribution in [0.15, 0.2) is 36.5 Å². The normalized spacial score (nSPS) is 10.8. The fourth-order valence-corrected chi connectivity index (χ4v) is 1.97. The Morgan fingerprint density at radius 3 is 2.94 bits per heavy atom. The monoisotopic (exact) mass is 239 g/mol. The lowest BCUT2D eigenvalue weighted by Crippen LogP contribution is -1.91. The third kappa shape index (κ3) is 1.72. The number of nitrogens with zero attached hydrogens (tertiary/aromatic N) is 2. The number of aryl methyl sites for hydroxylation is 1. The number of ether oxygens (including phenoxy) is 1. The number of nitrogens with one attached hydrogen (secondary N) is 1. The van der Waals surface area contributed by atoms with Crippen molar-refractivity contribution < 1.29 is 4.74 Å². The quantitative estimate of drug-likeness (QED) is 0.748. The summed E-state index contributed by atoms with van der Waals surface area (Å²) < 4.78 is 5.30. The van der Waals surface area contributed by atoms with Crippen LogP contribution in [0.25, 0.3) is 22.6 Å². The van der Waals surface area contributed by atoms with E-state index in [-0.39, 0.29) is 0 Å². The molecule has 0 saturated carbocycles. The largest absolute Gasteiger partial charge is 0.494 e. The summed E-state index contributed by atoms with van der Waals surface area (Å²) >= 11 is 0. The summed E-state index contributed by atoms with van der Waals surface area (Å²) in [5.74, 6) is 1.45. The molecule has 90 valence electrons. The van der Waals surface area contributed by atoms with E-state index in [1.807, 2.05) is 24.3 Å². The van der Waals surface area contributed by atoms with Gasteiger partial charge < -0.3 is 9.72 Å². The maximum atomic E-state index is 5.30. The zero-order valence-electron chi connectivity index (χ0n) is 10.3. The smallest absolute Gasteiger partial charge is 0.161 e. The second-order valence-electron chi connectivity index (χ2n) is 4.16. The number of H-pyrrole nitrogens is 1. The van der Waals surface area contributed by atoms with Gasteiger partial charge in [0.2, 0.25) is 0 Å². The minimum Gasteiger partial charge on any atom is -0.494 e. The standard InChI is InChI=1S/C14H13N3O/c1-9-5-6-10-11(8-9)17-14(16-10)13-12(18-2)4-3-7-15-13/h3-8H,1-2H3,(H,16,17). The highest BCUT2D eigenvalue weighted by Gasteiger charge is 2.11. The molecule has 1 N–H and O–H groups in total. The van der Waals surface area contributed by atoms with Crippen molar-refractivity contribution in [1.82, 2.24) is 15.0 Å². The Kier molecular flexibility index (Phi) is 2.48. The Hall–Kier alpha value is -2.36. The Morgan fingerprint density at radius 1 is 1.22 bits per heavy atom. The lowest BCUT2D eigenvalue weighted by atomic mass is 10.2. The first-order chi connectivity index (χ1) is 8.78. The van der Waals surface area contributed by atoms with Gasteiger partial charge in [0.1, 0.15) is 11.4 Å². The summed E-state index contributed by atoms with van der Waals surface area (Å²) in [5.41, 5.74) is 3.88. The van der Waals surface area contributed by atoms with Gasteiger partial charge in [-0.2, -0.15) is 0 Å². The molecule has 4 nitrogen and oxygen atoms in total. The van der Waals surface area contributed by atoms with Crippen LogP contribution in [0.1, 0.15) is 5.56 Å². The molecule has 2 heterocycles. The van der Waals surface area contributed by atoms with Gasteiger partial charge in [0.25, 0.3) is 0 Å². The van der Waals surface area contributed by atoms with Crippen LogP contribution >= 0.6 is 0 Å². The molecule has 0 aliphatic heterocycles. The summed E-state index contributed by atoms with van der Waals surface area (Å²) in [7, 11) is 1.63. The van der Waals surface area contributed by atoms with E-state index in [1.165, 1.54) is 5.56 Å². The Morgan fingerprint density at radius 2 is 2.11 bits per heavy atom. The fraction of sp³-hybridized carbons (Fsp3) is 0.143. The maximum Gasteiger partial charge on any atom is 0.161 e. The van der Waals surface area contributed by atoms with Gasteiger partial charge in [-0.05, 0) is 36.8 Å². The molecular formula is C14H13N3O. The van der Waals surface area contributed by atoms with Gasteiger partial charge in [0.05, 0.1) is 18.1 Å². The number of fused-ring (bicyclic) bond motifs is 1. The number of benzene rings is 1. The molecule has 0 fully saturated rings. The van der Waals surface area contributed by atoms with E-state index in [2.05, 4.69) is 27.9 Å². The van der Waals surface area contributed by atoms with Crippen molar-refractivity contribution in [1.29, 1.82) is 0 Å². The van der Waals surface area contributed by atoms with Gasteiger partial charge in [-0.15, -0.1) is 0 Å². The van der Waals surface area contributed by atoms with Crippen LogP contribution in [0.3, 0.4) is 0 Å². The SMILES string of the molecule is COc1cccnc1-c1nc2ccc(C)cc2[nH]1. The van der Waals surface area contributed by atoms with Crippen molar-refractivity contribution in [3.63, 3.8) is 0 Å². The molecule has 0 amide bonds. The minimum atomic E-state index is 0.716. The molecule has 0 spiro atoms. The zero-order chi connectivity index (χ0) is 12.5. The molecule has 3 aromatic rings. The first kappa shape index (κ1) is 10.8. The van der Waals surface area contributed by atoms with Crippen molar-refractivity contribution >= 4 is 11.0 Å². The molecule has 2 aromatic heterocycles. The summed E-state index contributed by atoms with van der Waals surface area (Å²) in [5, 5.41) is 0. The van der Waals surface area contributed by atoms with Crippen LogP contribution in [-0.2, 0) is 0 Å². The summed E-state index contributed by atoms with van der Waals surface area (Å²) in [6, 6.07) is 9.83. The van der Waals surface area contributed by atoms with E-state index in [4.69, 9.17) is 4.74 Å². The van der Waals surface area contributed by atoms with Crippen molar-refractivity contribution in [2.45, 2.75) is 6.92 Å². The molecule has 0 atom stereocenters. The van der Waals surface area contributed by atoms with E-state index in [1.54, 1.807) is 13.3 Å². The molecule has 0 aliphatic rings. The fourth-order valence-electron chi connectivity index (χ4n) is 1.97. The molecule has 1 aromatic carbocycles. The first-order valence-electron chi connectivity index (χ1n) is 5.73. The zero-order valence-corrected chi connectivity index (χ0v) is 10.3. The van der Waals surface area contributed by atoms with Crippen LogP contribution in [0.2, 0.25) is 0 Å². The number of aromatic nitrogens is 3. The molecular weight excluding hydrogens is 226 g/mol. The molecule has 0 unspecified atom stereocenters. The summed E-state index contributed by atoms with van der Waals surface area (Å²) in [6.45, 7) is 2.06. The van der Waals surface area contributed by atoms with E-state index in [0.717, 1.165) is 22.6 Å². The van der Waals surface area contributed by atoms with Crippen molar-refractivity contribution in [2.75, 3.05) is 7.11 Å². The van der Waals surface area contributed by atoms with Crippen LogP contribution in [0.4, 0.5) is 0 Å². The molecule has 3 rings (SSSR count). The maximum absolute atomic E-state index is 5.30. The van der Waals surface area contributed by atoms with Crippen LogP contribution in [0, 0.1) is 6.92 Å². The third-order valence-corrected chi connectivity index (χ3v) is 2.85. The van der Waals surface area contributed by atoms with E-state index >= 15 is 0 Å². The summed E-state index contributed by atoms with van der Waals surface area (Å²) in [6.07, 6.45) is 1.73. The topological polar surface area (TPSA) is 50.8 Å². The van der Waals surface area contributed by atoms with Crippen molar-refractivity contribution in [2.24, 2.45) is 0 Å². The Balaban J connectivity index is 2.19. The number of pyridine rings is 1. The number of rotatable bonds is 2. The number of imidazole rings is 1. The van der Waals surface area contributed by atoms with Gasteiger partial charge in [0.15, 0.2) is 5.82 Å². The van der Waals surface area contributed by atoms with Gasteiger partial charge >= 0.3 is 0 Å². The first-order valence-corrected chi connectivity index (χ1v) is 5.73. The van der Waals surface area contributed by atoms with E-state index in [0.29, 0.717) is 5.75 Å². The number of aromatic amines is 1. The van der Waals surface area contributed by atoms with Crippen LogP contribution in [0.5, 0.6) is 5.75 Å². The number of hydrogen-bond donors (Lipinski definition) is 1. The van der Waals surface area contributed by atoms with Gasteiger partial charge in [-0.1, -0.05) is 6.07 Å². The predicted octanol–water partition coefficient (Wildman–Crippen LogP) is 2.94. The summed E-state index contributed by atoms with van der Waals surface area (Å²) in [4.78, 5) is 12.1. The van der Waals surface area contributed by atoms with Crippen LogP contribution in [-0.4, -0.2) is 22.1 Å². The van der Waals surface area contributed by atoms with Gasteiger partial charge in [-0.25, -0.2) is 9.97 Å². The highest BCUT2D eigenvalue weighted by molar-refractivity contribution is 5.80. The van der Waals surface area contributed by atoms with Crippen molar-refractivity contribution in [3.05, 3.63) is 42.1 Å². The molecule has 18 heavy (non-hydrogen) atoms. The lowest BCUT2D eigenvalue weighted by Gasteiger charge is -2.03. The number of methoxy groups -OCH3 is 1. The molecule has 0 saturated heterocycles. The second-order valence-corrected chi connectivity index (χ2v) is 4.16. The van der Waals surface area contributed by atoms with E-state index in [9.17, 15) is 0 Å². The van der Waals surface area contributed by atoms with E-state index < -0.39 is 0 Å². The Labute approximate surface area is 105 Å². The van der Waals surface area contributed by atoms with Crippen molar-refractivity contribution in [3.8, 4) is 17.3 Å². The molecule has 0 aliphatic carbocycles. The molecule has 4 heteroatoms.